The second-order valence-corrected chi connectivity index (χ2v) is 5.71. The average molecular weight is 223 g/mol. The third kappa shape index (κ3) is 2.76. The lowest BCUT2D eigenvalue weighted by atomic mass is 9.75. The van der Waals surface area contributed by atoms with Gasteiger partial charge in [0.15, 0.2) is 0 Å². The second kappa shape index (κ2) is 5.17. The summed E-state index contributed by atoms with van der Waals surface area (Å²) in [7, 11) is 0. The van der Waals surface area contributed by atoms with Crippen LogP contribution >= 0.6 is 0 Å². The first-order chi connectivity index (χ1) is 7.66. The minimum Gasteiger partial charge on any atom is -0.387 e. The van der Waals surface area contributed by atoms with Crippen LogP contribution in [0.25, 0.3) is 0 Å². The summed E-state index contributed by atoms with van der Waals surface area (Å²) in [4.78, 5) is 2.53. The zero-order chi connectivity index (χ0) is 11.5. The summed E-state index contributed by atoms with van der Waals surface area (Å²) in [5.41, 5.74) is 5.54. The molecule has 2 aliphatic rings. The van der Waals surface area contributed by atoms with E-state index in [0.29, 0.717) is 5.84 Å². The Labute approximate surface area is 98.9 Å². The number of fused-ring (bicyclic) bond motifs is 1. The Balaban J connectivity index is 1.83. The fraction of sp³-hybridized carbons (Fsp3) is 0.923. The Kier molecular flexibility index (Phi) is 3.85. The van der Waals surface area contributed by atoms with Crippen molar-refractivity contribution in [3.05, 3.63) is 0 Å². The number of piperidine rings is 1. The Morgan fingerprint density at radius 3 is 2.69 bits per heavy atom. The highest BCUT2D eigenvalue weighted by Crippen LogP contribution is 2.36. The fourth-order valence-electron chi connectivity index (χ4n) is 3.33. The summed E-state index contributed by atoms with van der Waals surface area (Å²) >= 11 is 0. The Morgan fingerprint density at radius 1 is 1.31 bits per heavy atom. The molecular formula is C13H25N3. The number of hydrogen-bond acceptors (Lipinski definition) is 2. The number of amidine groups is 1. The molecule has 2 rings (SSSR count). The molecule has 1 saturated heterocycles. The van der Waals surface area contributed by atoms with Gasteiger partial charge in [-0.15, -0.1) is 0 Å². The summed E-state index contributed by atoms with van der Waals surface area (Å²) in [5, 5.41) is 7.45. The summed E-state index contributed by atoms with van der Waals surface area (Å²) in [5.74, 6) is 2.49. The fourth-order valence-corrected chi connectivity index (χ4v) is 3.33. The average Bonchev–Trinajstić information content (AvgIpc) is 2.28. The van der Waals surface area contributed by atoms with Crippen molar-refractivity contribution in [1.29, 1.82) is 5.41 Å². The molecular weight excluding hydrogens is 198 g/mol. The van der Waals surface area contributed by atoms with E-state index in [1.54, 1.807) is 0 Å². The number of nitrogens with two attached hydrogens (primary N) is 1. The molecule has 0 bridgehead atoms. The molecule has 3 unspecified atom stereocenters. The van der Waals surface area contributed by atoms with Gasteiger partial charge in [0.25, 0.3) is 0 Å². The van der Waals surface area contributed by atoms with Gasteiger partial charge < -0.3 is 10.6 Å². The van der Waals surface area contributed by atoms with Crippen molar-refractivity contribution in [2.24, 2.45) is 23.5 Å². The molecule has 1 aliphatic carbocycles. The van der Waals surface area contributed by atoms with E-state index in [4.69, 9.17) is 11.1 Å². The van der Waals surface area contributed by atoms with Crippen molar-refractivity contribution in [2.75, 3.05) is 19.6 Å². The maximum Gasteiger partial charge on any atom is 0.0947 e. The quantitative estimate of drug-likeness (QED) is 0.568. The van der Waals surface area contributed by atoms with Crippen molar-refractivity contribution in [3.8, 4) is 0 Å². The molecule has 0 spiro atoms. The van der Waals surface area contributed by atoms with Crippen LogP contribution in [-0.4, -0.2) is 30.4 Å². The molecule has 3 nitrogen and oxygen atoms in total. The minimum atomic E-state index is 0.222. The van der Waals surface area contributed by atoms with Crippen LogP contribution in [0.1, 0.15) is 39.0 Å². The van der Waals surface area contributed by atoms with E-state index in [1.165, 1.54) is 45.2 Å². The van der Waals surface area contributed by atoms with Crippen LogP contribution in [0.4, 0.5) is 0 Å². The molecule has 0 aromatic carbocycles. The largest absolute Gasteiger partial charge is 0.387 e. The molecule has 0 aromatic heterocycles. The highest BCUT2D eigenvalue weighted by molar-refractivity contribution is 5.79. The highest BCUT2D eigenvalue weighted by Gasteiger charge is 2.31. The maximum absolute atomic E-state index is 7.45. The third-order valence-electron chi connectivity index (χ3n) is 4.44. The summed E-state index contributed by atoms with van der Waals surface area (Å²) < 4.78 is 0. The van der Waals surface area contributed by atoms with Crippen LogP contribution in [0.3, 0.4) is 0 Å². The normalized spacial score (nSPS) is 33.1. The van der Waals surface area contributed by atoms with Crippen molar-refractivity contribution >= 4 is 5.84 Å². The van der Waals surface area contributed by atoms with E-state index >= 15 is 0 Å². The predicted molar refractivity (Wildman–Crippen MR) is 67.6 cm³/mol. The van der Waals surface area contributed by atoms with Crippen molar-refractivity contribution in [1.82, 2.24) is 4.90 Å². The smallest absolute Gasteiger partial charge is 0.0947 e. The SMILES string of the molecule is CC(CN1CCC2CCCCC2C1)C(=N)N. The van der Waals surface area contributed by atoms with E-state index in [1.807, 2.05) is 0 Å². The topological polar surface area (TPSA) is 53.1 Å². The highest BCUT2D eigenvalue weighted by atomic mass is 15.1. The van der Waals surface area contributed by atoms with Crippen molar-refractivity contribution < 1.29 is 0 Å². The van der Waals surface area contributed by atoms with E-state index in [0.717, 1.165) is 18.4 Å². The number of likely N-dealkylation sites (tertiary alicyclic amines) is 1. The lowest BCUT2D eigenvalue weighted by Gasteiger charge is -2.42. The molecule has 2 fully saturated rings. The Bertz CT molecular complexity index is 252. The number of hydrogen-bond donors (Lipinski definition) is 2. The van der Waals surface area contributed by atoms with E-state index in [9.17, 15) is 0 Å². The molecule has 92 valence electrons. The second-order valence-electron chi connectivity index (χ2n) is 5.71. The summed E-state index contributed by atoms with van der Waals surface area (Å²) in [6, 6.07) is 0. The van der Waals surface area contributed by atoms with Gasteiger partial charge in [0.05, 0.1) is 5.84 Å². The van der Waals surface area contributed by atoms with Gasteiger partial charge in [0.1, 0.15) is 0 Å². The van der Waals surface area contributed by atoms with Gasteiger partial charge in [0, 0.05) is 19.0 Å². The lowest BCUT2D eigenvalue weighted by molar-refractivity contribution is 0.0826. The van der Waals surface area contributed by atoms with E-state index in [2.05, 4.69) is 11.8 Å². The maximum atomic E-state index is 7.45. The zero-order valence-corrected chi connectivity index (χ0v) is 10.4. The van der Waals surface area contributed by atoms with Crippen LogP contribution < -0.4 is 5.73 Å². The monoisotopic (exact) mass is 223 g/mol. The van der Waals surface area contributed by atoms with Crippen LogP contribution in [0, 0.1) is 23.2 Å². The first-order valence-corrected chi connectivity index (χ1v) is 6.73. The summed E-state index contributed by atoms with van der Waals surface area (Å²) in [6.07, 6.45) is 7.13. The molecule has 1 aliphatic heterocycles. The first-order valence-electron chi connectivity index (χ1n) is 6.73. The zero-order valence-electron chi connectivity index (χ0n) is 10.4. The molecule has 3 heteroatoms. The van der Waals surface area contributed by atoms with Gasteiger partial charge >= 0.3 is 0 Å². The molecule has 3 atom stereocenters. The van der Waals surface area contributed by atoms with E-state index in [-0.39, 0.29) is 5.92 Å². The first kappa shape index (κ1) is 11.9. The van der Waals surface area contributed by atoms with E-state index < -0.39 is 0 Å². The van der Waals surface area contributed by atoms with Crippen LogP contribution in [0.5, 0.6) is 0 Å². The number of nitrogens with one attached hydrogen (secondary N) is 1. The molecule has 16 heavy (non-hydrogen) atoms. The van der Waals surface area contributed by atoms with Crippen molar-refractivity contribution in [3.63, 3.8) is 0 Å². The molecule has 1 heterocycles. The van der Waals surface area contributed by atoms with Gasteiger partial charge in [-0.25, -0.2) is 0 Å². The molecule has 0 amide bonds. The van der Waals surface area contributed by atoms with Gasteiger partial charge in [0.2, 0.25) is 0 Å². The van der Waals surface area contributed by atoms with Crippen LogP contribution in [-0.2, 0) is 0 Å². The molecule has 1 saturated carbocycles. The Hall–Kier alpha value is -0.570. The number of rotatable bonds is 3. The standard InChI is InChI=1S/C13H25N3/c1-10(13(14)15)8-16-7-6-11-4-2-3-5-12(11)9-16/h10-12H,2-9H2,1H3,(H3,14,15). The Morgan fingerprint density at radius 2 is 2.00 bits per heavy atom. The van der Waals surface area contributed by atoms with Gasteiger partial charge in [-0.2, -0.15) is 0 Å². The molecule has 0 aromatic rings. The minimum absolute atomic E-state index is 0.222. The van der Waals surface area contributed by atoms with Crippen molar-refractivity contribution in [2.45, 2.75) is 39.0 Å². The molecule has 3 N–H and O–H groups in total. The lowest BCUT2D eigenvalue weighted by Crippen LogP contribution is -2.44. The van der Waals surface area contributed by atoms with Crippen LogP contribution in [0.2, 0.25) is 0 Å². The third-order valence-corrected chi connectivity index (χ3v) is 4.44. The number of nitrogens with zero attached hydrogens (tertiary/aromatic N) is 1. The van der Waals surface area contributed by atoms with Crippen LogP contribution in [0.15, 0.2) is 0 Å². The predicted octanol–water partition coefficient (Wildman–Crippen LogP) is 2.07. The molecule has 0 radical (unpaired) electrons. The van der Waals surface area contributed by atoms with Gasteiger partial charge in [-0.1, -0.05) is 26.2 Å². The van der Waals surface area contributed by atoms with Gasteiger partial charge in [-0.3, -0.25) is 5.41 Å². The van der Waals surface area contributed by atoms with Gasteiger partial charge in [-0.05, 0) is 31.2 Å². The summed E-state index contributed by atoms with van der Waals surface area (Å²) in [6.45, 7) is 5.52.